The highest BCUT2D eigenvalue weighted by Gasteiger charge is 2.16. The summed E-state index contributed by atoms with van der Waals surface area (Å²) in [7, 11) is -2.48. The zero-order chi connectivity index (χ0) is 15.2. The van der Waals surface area contributed by atoms with Crippen molar-refractivity contribution in [3.05, 3.63) is 29.8 Å². The van der Waals surface area contributed by atoms with Gasteiger partial charge < -0.3 is 10.1 Å². The average Bonchev–Trinajstić information content (AvgIpc) is 2.37. The minimum atomic E-state index is -3.72. The van der Waals surface area contributed by atoms with Crippen LogP contribution in [0.4, 0.5) is 5.69 Å². The minimum Gasteiger partial charge on any atom is -0.465 e. The van der Waals surface area contributed by atoms with Gasteiger partial charge >= 0.3 is 5.97 Å². The number of methoxy groups -OCH3 is 1. The summed E-state index contributed by atoms with van der Waals surface area (Å²) in [5.74, 6) is -2.73. The molecule has 0 unspecified atom stereocenters. The number of nitrogens with zero attached hydrogens (tertiary/aromatic N) is 1. The van der Waals surface area contributed by atoms with Crippen LogP contribution in [0.25, 0.3) is 0 Å². The molecule has 0 fully saturated rings. The van der Waals surface area contributed by atoms with E-state index < -0.39 is 33.2 Å². The SMILES string of the molecule is COC(=O)c1ccc(NC(=O)CS(=O)(=O)CC#N)cc1. The summed E-state index contributed by atoms with van der Waals surface area (Å²) >= 11 is 0. The lowest BCUT2D eigenvalue weighted by Gasteiger charge is -2.05. The van der Waals surface area contributed by atoms with Crippen molar-refractivity contribution in [1.29, 1.82) is 5.26 Å². The minimum absolute atomic E-state index is 0.308. The molecule has 0 bridgehead atoms. The van der Waals surface area contributed by atoms with Gasteiger partial charge in [0.25, 0.3) is 0 Å². The number of sulfone groups is 1. The van der Waals surface area contributed by atoms with Crippen molar-refractivity contribution in [2.45, 2.75) is 0 Å². The molecule has 0 aliphatic rings. The van der Waals surface area contributed by atoms with E-state index in [1.54, 1.807) is 0 Å². The van der Waals surface area contributed by atoms with E-state index in [0.29, 0.717) is 11.3 Å². The molecule has 0 spiro atoms. The smallest absolute Gasteiger partial charge is 0.337 e. The number of nitrogens with one attached hydrogen (secondary N) is 1. The van der Waals surface area contributed by atoms with Crippen LogP contribution in [-0.2, 0) is 19.4 Å². The number of nitriles is 1. The molecular formula is C12H12N2O5S. The van der Waals surface area contributed by atoms with E-state index in [4.69, 9.17) is 5.26 Å². The molecule has 0 heterocycles. The largest absolute Gasteiger partial charge is 0.465 e. The Hall–Kier alpha value is -2.40. The lowest BCUT2D eigenvalue weighted by atomic mass is 10.2. The van der Waals surface area contributed by atoms with Gasteiger partial charge in [-0.15, -0.1) is 0 Å². The van der Waals surface area contributed by atoms with Crippen LogP contribution < -0.4 is 5.32 Å². The zero-order valence-electron chi connectivity index (χ0n) is 10.6. The Morgan fingerprint density at radius 2 is 1.90 bits per heavy atom. The molecule has 106 valence electrons. The third kappa shape index (κ3) is 4.70. The third-order valence-corrected chi connectivity index (χ3v) is 3.50. The van der Waals surface area contributed by atoms with E-state index in [1.807, 2.05) is 0 Å². The van der Waals surface area contributed by atoms with Crippen molar-refractivity contribution < 1.29 is 22.7 Å². The molecular weight excluding hydrogens is 284 g/mol. The van der Waals surface area contributed by atoms with Gasteiger partial charge in [0.2, 0.25) is 5.91 Å². The fourth-order valence-corrected chi connectivity index (χ4v) is 2.12. The van der Waals surface area contributed by atoms with Crippen LogP contribution >= 0.6 is 0 Å². The molecule has 0 atom stereocenters. The molecule has 7 nitrogen and oxygen atoms in total. The zero-order valence-corrected chi connectivity index (χ0v) is 11.4. The first kappa shape index (κ1) is 15.7. The number of benzene rings is 1. The predicted octanol–water partition coefficient (Wildman–Crippen LogP) is 0.350. The highest BCUT2D eigenvalue weighted by Crippen LogP contribution is 2.10. The second-order valence-electron chi connectivity index (χ2n) is 3.81. The fraction of sp³-hybridized carbons (Fsp3) is 0.250. The van der Waals surface area contributed by atoms with Gasteiger partial charge in [-0.05, 0) is 24.3 Å². The number of ether oxygens (including phenoxy) is 1. The van der Waals surface area contributed by atoms with Crippen LogP contribution in [-0.4, -0.2) is 38.9 Å². The first-order chi connectivity index (χ1) is 9.38. The summed E-state index contributed by atoms with van der Waals surface area (Å²) in [6, 6.07) is 7.25. The molecule has 0 saturated heterocycles. The molecule has 1 aromatic rings. The summed E-state index contributed by atoms with van der Waals surface area (Å²) in [6.45, 7) is 0. The van der Waals surface area contributed by atoms with Crippen molar-refractivity contribution in [3.8, 4) is 6.07 Å². The van der Waals surface area contributed by atoms with Crippen molar-refractivity contribution >= 4 is 27.4 Å². The van der Waals surface area contributed by atoms with Gasteiger partial charge in [0.1, 0.15) is 11.5 Å². The van der Waals surface area contributed by atoms with Gasteiger partial charge in [-0.1, -0.05) is 0 Å². The third-order valence-electron chi connectivity index (χ3n) is 2.23. The Morgan fingerprint density at radius 1 is 1.30 bits per heavy atom. The topological polar surface area (TPSA) is 113 Å². The summed E-state index contributed by atoms with van der Waals surface area (Å²) in [6.07, 6.45) is 0. The Balaban J connectivity index is 2.68. The Morgan fingerprint density at radius 3 is 2.40 bits per heavy atom. The van der Waals surface area contributed by atoms with Gasteiger partial charge in [-0.3, -0.25) is 4.79 Å². The van der Waals surface area contributed by atoms with Crippen LogP contribution in [0.1, 0.15) is 10.4 Å². The molecule has 0 aromatic heterocycles. The first-order valence-electron chi connectivity index (χ1n) is 5.43. The van der Waals surface area contributed by atoms with Crippen LogP contribution in [0, 0.1) is 11.3 Å². The monoisotopic (exact) mass is 296 g/mol. The number of carbonyl (C=O) groups is 2. The maximum absolute atomic E-state index is 11.5. The quantitative estimate of drug-likeness (QED) is 0.784. The lowest BCUT2D eigenvalue weighted by Crippen LogP contribution is -2.24. The van der Waals surface area contributed by atoms with Gasteiger partial charge in [0.05, 0.1) is 18.7 Å². The molecule has 0 aliphatic carbocycles. The summed E-state index contributed by atoms with van der Waals surface area (Å²) in [5.41, 5.74) is 0.650. The maximum Gasteiger partial charge on any atom is 0.337 e. The van der Waals surface area contributed by atoms with E-state index >= 15 is 0 Å². The summed E-state index contributed by atoms with van der Waals surface area (Å²) in [4.78, 5) is 22.7. The second kappa shape index (κ2) is 6.68. The fourth-order valence-electron chi connectivity index (χ4n) is 1.35. The summed E-state index contributed by atoms with van der Waals surface area (Å²) < 4.78 is 27.1. The standard InChI is InChI=1S/C12H12N2O5S/c1-19-12(16)9-2-4-10(5-3-9)14-11(15)8-20(17,18)7-6-13/h2-5H,7-8H2,1H3,(H,14,15). The maximum atomic E-state index is 11.5. The molecule has 0 aliphatic heterocycles. The number of rotatable bonds is 5. The van der Waals surface area contributed by atoms with Crippen molar-refractivity contribution in [2.24, 2.45) is 0 Å². The predicted molar refractivity (Wildman–Crippen MR) is 70.7 cm³/mol. The second-order valence-corrected chi connectivity index (χ2v) is 5.87. The Bertz CT molecular complexity index is 643. The number of anilines is 1. The molecule has 0 radical (unpaired) electrons. The Labute approximate surface area is 116 Å². The number of carbonyl (C=O) groups excluding carboxylic acids is 2. The molecule has 1 rings (SSSR count). The van der Waals surface area contributed by atoms with Crippen LogP contribution in [0.3, 0.4) is 0 Å². The van der Waals surface area contributed by atoms with Crippen molar-refractivity contribution in [3.63, 3.8) is 0 Å². The molecule has 1 amide bonds. The van der Waals surface area contributed by atoms with E-state index in [-0.39, 0.29) is 0 Å². The van der Waals surface area contributed by atoms with Crippen molar-refractivity contribution in [2.75, 3.05) is 23.9 Å². The van der Waals surface area contributed by atoms with E-state index in [9.17, 15) is 18.0 Å². The highest BCUT2D eigenvalue weighted by molar-refractivity contribution is 7.92. The molecule has 8 heteroatoms. The first-order valence-corrected chi connectivity index (χ1v) is 7.25. The van der Waals surface area contributed by atoms with E-state index in [2.05, 4.69) is 10.1 Å². The number of amides is 1. The number of hydrogen-bond acceptors (Lipinski definition) is 6. The number of esters is 1. The van der Waals surface area contributed by atoms with Crippen LogP contribution in [0.2, 0.25) is 0 Å². The van der Waals surface area contributed by atoms with Crippen LogP contribution in [0.5, 0.6) is 0 Å². The van der Waals surface area contributed by atoms with Gasteiger partial charge in [-0.25, -0.2) is 13.2 Å². The van der Waals surface area contributed by atoms with E-state index in [0.717, 1.165) is 0 Å². The Kier molecular flexibility index (Phi) is 5.23. The average molecular weight is 296 g/mol. The molecule has 0 saturated carbocycles. The summed E-state index contributed by atoms with van der Waals surface area (Å²) in [5, 5.41) is 10.7. The highest BCUT2D eigenvalue weighted by atomic mass is 32.2. The van der Waals surface area contributed by atoms with E-state index in [1.165, 1.54) is 37.4 Å². The number of hydrogen-bond donors (Lipinski definition) is 1. The molecule has 1 N–H and O–H groups in total. The normalized spacial score (nSPS) is 10.4. The van der Waals surface area contributed by atoms with Gasteiger partial charge in [-0.2, -0.15) is 5.26 Å². The van der Waals surface area contributed by atoms with Gasteiger partial charge in [0.15, 0.2) is 9.84 Å². The van der Waals surface area contributed by atoms with Crippen LogP contribution in [0.15, 0.2) is 24.3 Å². The van der Waals surface area contributed by atoms with Crippen molar-refractivity contribution in [1.82, 2.24) is 0 Å². The lowest BCUT2D eigenvalue weighted by molar-refractivity contribution is -0.113. The molecule has 20 heavy (non-hydrogen) atoms. The molecule has 1 aromatic carbocycles. The van der Waals surface area contributed by atoms with Gasteiger partial charge in [0, 0.05) is 5.69 Å².